The smallest absolute Gasteiger partial charge is 0.315 e. The molecule has 126 valence electrons. The summed E-state index contributed by atoms with van der Waals surface area (Å²) in [5.41, 5.74) is 0.730. The van der Waals surface area contributed by atoms with Crippen molar-refractivity contribution in [3.8, 4) is 0 Å². The normalized spacial score (nSPS) is 18.8. The van der Waals surface area contributed by atoms with Gasteiger partial charge in [-0.05, 0) is 30.0 Å². The number of hydrogen-bond donors (Lipinski definition) is 4. The van der Waals surface area contributed by atoms with Crippen LogP contribution in [0.25, 0.3) is 0 Å². The number of urea groups is 1. The van der Waals surface area contributed by atoms with E-state index < -0.39 is 11.5 Å². The van der Waals surface area contributed by atoms with E-state index in [1.807, 2.05) is 18.4 Å². The minimum Gasteiger partial charge on any atom is -0.375 e. The van der Waals surface area contributed by atoms with Crippen LogP contribution in [0.15, 0.2) is 35.7 Å². The van der Waals surface area contributed by atoms with Gasteiger partial charge in [-0.3, -0.25) is 4.79 Å². The van der Waals surface area contributed by atoms with Gasteiger partial charge in [0.25, 0.3) is 5.91 Å². The molecule has 1 unspecified atom stereocenters. The molecule has 0 fully saturated rings. The molecule has 4 N–H and O–H groups in total. The Labute approximate surface area is 143 Å². The van der Waals surface area contributed by atoms with Crippen molar-refractivity contribution in [2.24, 2.45) is 0 Å². The fraction of sp³-hybridized carbons (Fsp3) is 0.294. The van der Waals surface area contributed by atoms with Crippen molar-refractivity contribution in [3.05, 3.63) is 51.7 Å². The number of hydrogen-bond acceptors (Lipinski definition) is 4. The number of aliphatic hydroxyl groups is 1. The third-order valence-corrected chi connectivity index (χ3v) is 5.03. The van der Waals surface area contributed by atoms with E-state index in [2.05, 4.69) is 16.0 Å². The number of rotatable bonds is 5. The number of fused-ring (bicyclic) bond motifs is 1. The van der Waals surface area contributed by atoms with Crippen LogP contribution >= 0.6 is 11.3 Å². The SMILES string of the molecule is Cc1csc(CNC(=O)NCCC2(O)C(=O)Nc3ccccc32)c1. The molecule has 0 saturated carbocycles. The first kappa shape index (κ1) is 16.5. The Bertz CT molecular complexity index is 774. The molecule has 0 bridgehead atoms. The number of carbonyl (C=O) groups excluding carboxylic acids is 2. The van der Waals surface area contributed by atoms with Gasteiger partial charge in [-0.2, -0.15) is 0 Å². The summed E-state index contributed by atoms with van der Waals surface area (Å²) in [7, 11) is 0. The Kier molecular flexibility index (Phi) is 4.55. The zero-order chi connectivity index (χ0) is 17.2. The number of anilines is 1. The average molecular weight is 345 g/mol. The molecule has 3 rings (SSSR count). The number of nitrogens with one attached hydrogen (secondary N) is 3. The van der Waals surface area contributed by atoms with Crippen molar-refractivity contribution in [2.75, 3.05) is 11.9 Å². The Morgan fingerprint density at radius 2 is 2.12 bits per heavy atom. The first-order valence-corrected chi connectivity index (χ1v) is 8.56. The number of benzene rings is 1. The van der Waals surface area contributed by atoms with Crippen LogP contribution in [-0.2, 0) is 16.9 Å². The highest BCUT2D eigenvalue weighted by Gasteiger charge is 2.44. The maximum absolute atomic E-state index is 12.1. The van der Waals surface area contributed by atoms with Gasteiger partial charge in [0, 0.05) is 29.1 Å². The summed E-state index contributed by atoms with van der Waals surface area (Å²) in [6, 6.07) is 8.72. The van der Waals surface area contributed by atoms with Gasteiger partial charge in [-0.25, -0.2) is 4.79 Å². The number of thiophene rings is 1. The molecule has 24 heavy (non-hydrogen) atoms. The lowest BCUT2D eigenvalue weighted by Crippen LogP contribution is -2.41. The van der Waals surface area contributed by atoms with E-state index in [1.165, 1.54) is 5.56 Å². The standard InChI is InChI=1S/C17H19N3O3S/c1-11-8-12(24-10-11)9-19-16(22)18-7-6-17(23)13-4-2-3-5-14(13)20-15(17)21/h2-5,8,10,23H,6-7,9H2,1H3,(H,20,21)(H2,18,19,22). The maximum atomic E-state index is 12.1. The van der Waals surface area contributed by atoms with Gasteiger partial charge in [0.1, 0.15) is 0 Å². The molecule has 2 heterocycles. The Balaban J connectivity index is 1.51. The van der Waals surface area contributed by atoms with E-state index >= 15 is 0 Å². The van der Waals surface area contributed by atoms with E-state index in [-0.39, 0.29) is 19.0 Å². The maximum Gasteiger partial charge on any atom is 0.315 e. The molecule has 0 spiro atoms. The van der Waals surface area contributed by atoms with Gasteiger partial charge < -0.3 is 21.1 Å². The van der Waals surface area contributed by atoms with Crippen molar-refractivity contribution in [3.63, 3.8) is 0 Å². The van der Waals surface area contributed by atoms with Crippen LogP contribution < -0.4 is 16.0 Å². The van der Waals surface area contributed by atoms with E-state index in [9.17, 15) is 14.7 Å². The Hall–Kier alpha value is -2.38. The van der Waals surface area contributed by atoms with E-state index in [0.717, 1.165) is 4.88 Å². The highest BCUT2D eigenvalue weighted by Crippen LogP contribution is 2.37. The lowest BCUT2D eigenvalue weighted by atomic mass is 9.92. The molecule has 3 amide bonds. The summed E-state index contributed by atoms with van der Waals surface area (Å²) in [5, 5.41) is 20.8. The largest absolute Gasteiger partial charge is 0.375 e. The monoisotopic (exact) mass is 345 g/mol. The van der Waals surface area contributed by atoms with Crippen LogP contribution in [0.2, 0.25) is 0 Å². The molecule has 2 aromatic rings. The van der Waals surface area contributed by atoms with Crippen molar-refractivity contribution < 1.29 is 14.7 Å². The zero-order valence-corrected chi connectivity index (χ0v) is 14.1. The van der Waals surface area contributed by atoms with Gasteiger partial charge in [0.15, 0.2) is 5.60 Å². The van der Waals surface area contributed by atoms with Gasteiger partial charge in [0.2, 0.25) is 0 Å². The molecule has 1 aliphatic heterocycles. The molecular formula is C17H19N3O3S. The highest BCUT2D eigenvalue weighted by molar-refractivity contribution is 7.10. The number of aryl methyl sites for hydroxylation is 1. The lowest BCUT2D eigenvalue weighted by molar-refractivity contribution is -0.134. The molecular weight excluding hydrogens is 326 g/mol. The summed E-state index contributed by atoms with van der Waals surface area (Å²) in [6.45, 7) is 2.65. The van der Waals surface area contributed by atoms with Crippen molar-refractivity contribution >= 4 is 29.0 Å². The molecule has 1 aromatic heterocycles. The van der Waals surface area contributed by atoms with Crippen molar-refractivity contribution in [2.45, 2.75) is 25.5 Å². The summed E-state index contributed by atoms with van der Waals surface area (Å²) >= 11 is 1.59. The van der Waals surface area contributed by atoms with Gasteiger partial charge in [-0.1, -0.05) is 18.2 Å². The molecule has 6 nitrogen and oxygen atoms in total. The second-order valence-electron chi connectivity index (χ2n) is 5.81. The van der Waals surface area contributed by atoms with Crippen LogP contribution in [0.1, 0.15) is 22.4 Å². The third kappa shape index (κ3) is 3.27. The second-order valence-corrected chi connectivity index (χ2v) is 6.81. The summed E-state index contributed by atoms with van der Waals surface area (Å²) in [6.07, 6.45) is 0.112. The molecule has 1 atom stereocenters. The van der Waals surface area contributed by atoms with E-state index in [1.54, 1.807) is 35.6 Å². The van der Waals surface area contributed by atoms with Crippen LogP contribution in [-0.4, -0.2) is 23.6 Å². The predicted molar refractivity (Wildman–Crippen MR) is 92.9 cm³/mol. The highest BCUT2D eigenvalue weighted by atomic mass is 32.1. The lowest BCUT2D eigenvalue weighted by Gasteiger charge is -2.21. The molecule has 0 aliphatic carbocycles. The van der Waals surface area contributed by atoms with Gasteiger partial charge in [0.05, 0.1) is 6.54 Å². The van der Waals surface area contributed by atoms with Crippen molar-refractivity contribution in [1.82, 2.24) is 10.6 Å². The molecule has 7 heteroatoms. The second kappa shape index (κ2) is 6.62. The van der Waals surface area contributed by atoms with Crippen molar-refractivity contribution in [1.29, 1.82) is 0 Å². The minimum absolute atomic E-state index is 0.112. The van der Waals surface area contributed by atoms with Crippen LogP contribution in [0.5, 0.6) is 0 Å². The first-order valence-electron chi connectivity index (χ1n) is 7.68. The zero-order valence-electron chi connectivity index (χ0n) is 13.3. The number of carbonyl (C=O) groups is 2. The minimum atomic E-state index is -1.60. The van der Waals surface area contributed by atoms with Crippen LogP contribution in [0.3, 0.4) is 0 Å². The van der Waals surface area contributed by atoms with E-state index in [0.29, 0.717) is 17.8 Å². The van der Waals surface area contributed by atoms with Crippen LogP contribution in [0, 0.1) is 6.92 Å². The summed E-state index contributed by atoms with van der Waals surface area (Å²) < 4.78 is 0. The predicted octanol–water partition coefficient (Wildman–Crippen LogP) is 2.09. The quantitative estimate of drug-likeness (QED) is 0.669. The van der Waals surface area contributed by atoms with Crippen LogP contribution in [0.4, 0.5) is 10.5 Å². The number of para-hydroxylation sites is 1. The third-order valence-electron chi connectivity index (χ3n) is 3.98. The fourth-order valence-electron chi connectivity index (χ4n) is 2.72. The van der Waals surface area contributed by atoms with E-state index in [4.69, 9.17) is 0 Å². The summed E-state index contributed by atoms with van der Waals surface area (Å²) in [4.78, 5) is 25.0. The van der Waals surface area contributed by atoms with Gasteiger partial charge in [-0.15, -0.1) is 11.3 Å². The Morgan fingerprint density at radius 1 is 1.33 bits per heavy atom. The molecule has 0 saturated heterocycles. The first-order chi connectivity index (χ1) is 11.5. The topological polar surface area (TPSA) is 90.5 Å². The Morgan fingerprint density at radius 3 is 2.88 bits per heavy atom. The van der Waals surface area contributed by atoms with Gasteiger partial charge >= 0.3 is 6.03 Å². The fourth-order valence-corrected chi connectivity index (χ4v) is 3.53. The number of amides is 3. The summed E-state index contributed by atoms with van der Waals surface area (Å²) in [5.74, 6) is -0.458. The molecule has 1 aromatic carbocycles. The molecule has 0 radical (unpaired) electrons. The molecule has 1 aliphatic rings. The average Bonchev–Trinajstić information content (AvgIpc) is 3.08.